The SMILES string of the molecule is CC(=O)O[C@H]1CS[C@H](C(=O)c2ccccc2)O1. The van der Waals surface area contributed by atoms with Gasteiger partial charge < -0.3 is 9.47 Å². The molecule has 17 heavy (non-hydrogen) atoms. The van der Waals surface area contributed by atoms with Crippen LogP contribution in [0.4, 0.5) is 0 Å². The van der Waals surface area contributed by atoms with E-state index >= 15 is 0 Å². The van der Waals surface area contributed by atoms with Crippen LogP contribution in [0, 0.1) is 0 Å². The Morgan fingerprint density at radius 3 is 2.71 bits per heavy atom. The second kappa shape index (κ2) is 5.33. The zero-order chi connectivity index (χ0) is 12.3. The van der Waals surface area contributed by atoms with E-state index < -0.39 is 17.7 Å². The van der Waals surface area contributed by atoms with E-state index in [-0.39, 0.29) is 5.78 Å². The number of rotatable bonds is 3. The smallest absolute Gasteiger partial charge is 0.304 e. The Kier molecular flexibility index (Phi) is 3.81. The number of ketones is 1. The van der Waals surface area contributed by atoms with Gasteiger partial charge in [-0.15, -0.1) is 11.8 Å². The van der Waals surface area contributed by atoms with Gasteiger partial charge in [-0.1, -0.05) is 30.3 Å². The number of benzene rings is 1. The monoisotopic (exact) mass is 252 g/mol. The first-order valence-corrected chi connectivity index (χ1v) is 6.25. The summed E-state index contributed by atoms with van der Waals surface area (Å²) < 4.78 is 10.3. The van der Waals surface area contributed by atoms with E-state index in [1.54, 1.807) is 24.3 Å². The van der Waals surface area contributed by atoms with Crippen LogP contribution in [0.2, 0.25) is 0 Å². The summed E-state index contributed by atoms with van der Waals surface area (Å²) in [5.74, 6) is -0.00307. The summed E-state index contributed by atoms with van der Waals surface area (Å²) in [6.07, 6.45) is -0.616. The largest absolute Gasteiger partial charge is 0.435 e. The van der Waals surface area contributed by atoms with Crippen LogP contribution in [0.15, 0.2) is 30.3 Å². The van der Waals surface area contributed by atoms with Crippen LogP contribution in [0.5, 0.6) is 0 Å². The van der Waals surface area contributed by atoms with Crippen molar-refractivity contribution in [2.24, 2.45) is 0 Å². The molecule has 0 N–H and O–H groups in total. The van der Waals surface area contributed by atoms with Crippen LogP contribution in [-0.2, 0) is 14.3 Å². The highest BCUT2D eigenvalue weighted by Gasteiger charge is 2.33. The topological polar surface area (TPSA) is 52.6 Å². The van der Waals surface area contributed by atoms with E-state index in [1.165, 1.54) is 18.7 Å². The number of ether oxygens (including phenoxy) is 2. The van der Waals surface area contributed by atoms with Crippen molar-refractivity contribution >= 4 is 23.5 Å². The summed E-state index contributed by atoms with van der Waals surface area (Å²) in [4.78, 5) is 22.7. The van der Waals surface area contributed by atoms with E-state index in [1.807, 2.05) is 6.07 Å². The molecule has 1 aliphatic heterocycles. The van der Waals surface area contributed by atoms with Gasteiger partial charge in [-0.2, -0.15) is 0 Å². The summed E-state index contributed by atoms with van der Waals surface area (Å²) in [5, 5.41) is 0. The first-order valence-electron chi connectivity index (χ1n) is 5.20. The molecule has 0 aromatic heterocycles. The molecule has 5 heteroatoms. The number of thioether (sulfide) groups is 1. The lowest BCUT2D eigenvalue weighted by atomic mass is 10.1. The molecule has 2 atom stereocenters. The Hall–Kier alpha value is -1.33. The molecule has 0 aliphatic carbocycles. The molecule has 2 rings (SSSR count). The highest BCUT2D eigenvalue weighted by molar-refractivity contribution is 8.00. The number of hydrogen-bond acceptors (Lipinski definition) is 5. The molecule has 90 valence electrons. The van der Waals surface area contributed by atoms with Crippen molar-refractivity contribution < 1.29 is 19.1 Å². The molecule has 1 saturated heterocycles. The third kappa shape index (κ3) is 3.08. The average Bonchev–Trinajstić information content (AvgIpc) is 2.77. The summed E-state index contributed by atoms with van der Waals surface area (Å²) >= 11 is 1.35. The fourth-order valence-electron chi connectivity index (χ4n) is 1.51. The lowest BCUT2D eigenvalue weighted by Crippen LogP contribution is -2.23. The maximum atomic E-state index is 12.0. The highest BCUT2D eigenvalue weighted by Crippen LogP contribution is 2.28. The number of hydrogen-bond donors (Lipinski definition) is 0. The van der Waals surface area contributed by atoms with Crippen molar-refractivity contribution in [2.45, 2.75) is 18.6 Å². The molecular formula is C12H12O4S. The van der Waals surface area contributed by atoms with Gasteiger partial charge in [0.15, 0.2) is 5.44 Å². The van der Waals surface area contributed by atoms with Crippen LogP contribution in [0.1, 0.15) is 17.3 Å². The summed E-state index contributed by atoms with van der Waals surface area (Å²) in [6, 6.07) is 8.94. The molecule has 0 radical (unpaired) electrons. The normalized spacial score (nSPS) is 23.4. The maximum absolute atomic E-state index is 12.0. The van der Waals surface area contributed by atoms with Crippen LogP contribution < -0.4 is 0 Å². The van der Waals surface area contributed by atoms with E-state index in [0.717, 1.165) is 0 Å². The van der Waals surface area contributed by atoms with Crippen molar-refractivity contribution in [2.75, 3.05) is 5.75 Å². The van der Waals surface area contributed by atoms with Gasteiger partial charge >= 0.3 is 5.97 Å². The third-order valence-electron chi connectivity index (χ3n) is 2.23. The van der Waals surface area contributed by atoms with Crippen LogP contribution in [0.3, 0.4) is 0 Å². The van der Waals surface area contributed by atoms with Gasteiger partial charge in [-0.25, -0.2) is 0 Å². The molecule has 0 unspecified atom stereocenters. The minimum Gasteiger partial charge on any atom is -0.435 e. The molecule has 1 aromatic rings. The molecule has 1 heterocycles. The number of carbonyl (C=O) groups is 2. The van der Waals surface area contributed by atoms with E-state index in [2.05, 4.69) is 0 Å². The van der Waals surface area contributed by atoms with Crippen LogP contribution in [0.25, 0.3) is 0 Å². The van der Waals surface area contributed by atoms with Gasteiger partial charge in [0.05, 0.1) is 5.75 Å². The van der Waals surface area contributed by atoms with Crippen molar-refractivity contribution in [3.8, 4) is 0 Å². The van der Waals surface area contributed by atoms with Gasteiger partial charge in [-0.05, 0) is 0 Å². The summed E-state index contributed by atoms with van der Waals surface area (Å²) in [7, 11) is 0. The fourth-order valence-corrected chi connectivity index (χ4v) is 2.47. The predicted octanol–water partition coefficient (Wildman–Crippen LogP) is 1.85. The number of Topliss-reactive ketones (excluding diaryl/α,β-unsaturated/α-hetero) is 1. The Bertz CT molecular complexity index is 418. The van der Waals surface area contributed by atoms with E-state index in [9.17, 15) is 9.59 Å². The second-order valence-electron chi connectivity index (χ2n) is 3.57. The van der Waals surface area contributed by atoms with Crippen molar-refractivity contribution in [1.29, 1.82) is 0 Å². The first kappa shape index (κ1) is 12.1. The Morgan fingerprint density at radius 2 is 2.06 bits per heavy atom. The molecule has 1 fully saturated rings. The molecule has 0 spiro atoms. The lowest BCUT2D eigenvalue weighted by Gasteiger charge is -2.11. The van der Waals surface area contributed by atoms with Gasteiger partial charge in [0.2, 0.25) is 12.1 Å². The Balaban J connectivity index is 1.97. The van der Waals surface area contributed by atoms with Gasteiger partial charge in [-0.3, -0.25) is 9.59 Å². The van der Waals surface area contributed by atoms with Crippen molar-refractivity contribution in [3.63, 3.8) is 0 Å². The zero-order valence-corrected chi connectivity index (χ0v) is 10.1. The molecule has 4 nitrogen and oxygen atoms in total. The number of carbonyl (C=O) groups excluding carboxylic acids is 2. The van der Waals surface area contributed by atoms with E-state index in [4.69, 9.17) is 9.47 Å². The lowest BCUT2D eigenvalue weighted by molar-refractivity contribution is -0.168. The molecule has 1 aromatic carbocycles. The molecular weight excluding hydrogens is 240 g/mol. The standard InChI is InChI=1S/C12H12O4S/c1-8(13)15-10-7-17-12(16-10)11(14)9-5-3-2-4-6-9/h2-6,10,12H,7H2,1H3/t10-,12-/m1/s1. The van der Waals surface area contributed by atoms with Gasteiger partial charge in [0, 0.05) is 12.5 Å². The third-order valence-corrected chi connectivity index (χ3v) is 3.32. The summed E-state index contributed by atoms with van der Waals surface area (Å²) in [5.41, 5.74) is 0.0234. The average molecular weight is 252 g/mol. The quantitative estimate of drug-likeness (QED) is 0.607. The van der Waals surface area contributed by atoms with Crippen LogP contribution in [-0.4, -0.2) is 29.2 Å². The maximum Gasteiger partial charge on any atom is 0.304 e. The molecule has 0 saturated carbocycles. The highest BCUT2D eigenvalue weighted by atomic mass is 32.2. The van der Waals surface area contributed by atoms with Crippen LogP contribution >= 0.6 is 11.8 Å². The minimum absolute atomic E-state index is 0.0924. The van der Waals surface area contributed by atoms with Crippen molar-refractivity contribution in [3.05, 3.63) is 35.9 Å². The number of esters is 1. The second-order valence-corrected chi connectivity index (χ2v) is 4.67. The van der Waals surface area contributed by atoms with Gasteiger partial charge in [0.25, 0.3) is 0 Å². The van der Waals surface area contributed by atoms with E-state index in [0.29, 0.717) is 11.3 Å². The predicted molar refractivity (Wildman–Crippen MR) is 63.7 cm³/mol. The Labute approximate surface area is 103 Å². The molecule has 1 aliphatic rings. The summed E-state index contributed by atoms with van der Waals surface area (Å²) in [6.45, 7) is 1.32. The van der Waals surface area contributed by atoms with Crippen molar-refractivity contribution in [1.82, 2.24) is 0 Å². The first-order chi connectivity index (χ1) is 8.16. The molecule has 0 bridgehead atoms. The fraction of sp³-hybridized carbons (Fsp3) is 0.333. The Morgan fingerprint density at radius 1 is 1.35 bits per heavy atom. The minimum atomic E-state index is -0.616. The van der Waals surface area contributed by atoms with Gasteiger partial charge in [0.1, 0.15) is 0 Å². The zero-order valence-electron chi connectivity index (χ0n) is 9.29. The molecule has 0 amide bonds.